The number of ether oxygens (including phenoxy) is 1. The highest BCUT2D eigenvalue weighted by Crippen LogP contribution is 2.30. The van der Waals surface area contributed by atoms with E-state index in [0.29, 0.717) is 13.1 Å². The van der Waals surface area contributed by atoms with Crippen LogP contribution in [0.1, 0.15) is 62.3 Å². The fourth-order valence-electron chi connectivity index (χ4n) is 2.96. The van der Waals surface area contributed by atoms with Gasteiger partial charge in [0, 0.05) is 30.3 Å². The predicted molar refractivity (Wildman–Crippen MR) is 87.2 cm³/mol. The van der Waals surface area contributed by atoms with Crippen LogP contribution in [0.2, 0.25) is 0 Å². The minimum atomic E-state index is -0.473. The summed E-state index contributed by atoms with van der Waals surface area (Å²) in [6, 6.07) is 0. The molecule has 23 heavy (non-hydrogen) atoms. The molecule has 2 heterocycles. The molecule has 128 valence electrons. The number of hydrogen-bond donors (Lipinski definition) is 1. The van der Waals surface area contributed by atoms with Gasteiger partial charge in [-0.3, -0.25) is 0 Å². The number of carbonyl (C=O) groups is 1. The van der Waals surface area contributed by atoms with Gasteiger partial charge >= 0.3 is 6.09 Å². The Morgan fingerprint density at radius 3 is 2.39 bits per heavy atom. The molecule has 6 heteroatoms. The van der Waals surface area contributed by atoms with Gasteiger partial charge in [0.25, 0.3) is 0 Å². The molecule has 0 atom stereocenters. The van der Waals surface area contributed by atoms with Gasteiger partial charge in [0.2, 0.25) is 0 Å². The lowest BCUT2D eigenvalue weighted by atomic mass is 9.90. The number of amides is 1. The van der Waals surface area contributed by atoms with Crippen molar-refractivity contribution < 1.29 is 14.6 Å². The highest BCUT2D eigenvalue weighted by molar-refractivity contribution is 5.68. The standard InChI is InChI=1S/C17H27N3O3/c1-11-14(10-21)15(19-12(2)18-11)13-6-8-20(9-7-13)16(22)23-17(3,4)5/h13,21H,6-10H2,1-5H3. The van der Waals surface area contributed by atoms with Gasteiger partial charge in [-0.1, -0.05) is 0 Å². The van der Waals surface area contributed by atoms with E-state index in [1.165, 1.54) is 0 Å². The normalized spacial score (nSPS) is 16.5. The molecule has 1 amide bonds. The lowest BCUT2D eigenvalue weighted by Gasteiger charge is -2.33. The minimum Gasteiger partial charge on any atom is -0.444 e. The molecule has 1 aromatic rings. The molecule has 1 N–H and O–H groups in total. The quantitative estimate of drug-likeness (QED) is 0.906. The Morgan fingerprint density at radius 1 is 1.26 bits per heavy atom. The van der Waals surface area contributed by atoms with Gasteiger partial charge in [0.1, 0.15) is 11.4 Å². The zero-order valence-electron chi connectivity index (χ0n) is 14.7. The summed E-state index contributed by atoms with van der Waals surface area (Å²) in [6.45, 7) is 10.6. The smallest absolute Gasteiger partial charge is 0.410 e. The average molecular weight is 321 g/mol. The Balaban J connectivity index is 2.06. The van der Waals surface area contributed by atoms with Gasteiger partial charge in [0.15, 0.2) is 0 Å². The van der Waals surface area contributed by atoms with E-state index in [4.69, 9.17) is 4.74 Å². The molecule has 1 aliphatic rings. The second-order valence-electron chi connectivity index (χ2n) is 7.12. The Hall–Kier alpha value is -1.69. The molecule has 0 aromatic carbocycles. The van der Waals surface area contributed by atoms with Gasteiger partial charge in [-0.15, -0.1) is 0 Å². The van der Waals surface area contributed by atoms with Gasteiger partial charge in [0.05, 0.1) is 12.3 Å². The number of rotatable bonds is 2. The topological polar surface area (TPSA) is 75.6 Å². The zero-order valence-corrected chi connectivity index (χ0v) is 14.7. The highest BCUT2D eigenvalue weighted by atomic mass is 16.6. The summed E-state index contributed by atoms with van der Waals surface area (Å²) in [4.78, 5) is 22.8. The number of carbonyl (C=O) groups excluding carboxylic acids is 1. The van der Waals surface area contributed by atoms with E-state index < -0.39 is 5.60 Å². The second-order valence-corrected chi connectivity index (χ2v) is 7.12. The zero-order chi connectivity index (χ0) is 17.2. The van der Waals surface area contributed by atoms with Crippen LogP contribution in [0.5, 0.6) is 0 Å². The van der Waals surface area contributed by atoms with Gasteiger partial charge in [-0.25, -0.2) is 14.8 Å². The fraction of sp³-hybridized carbons (Fsp3) is 0.706. The SMILES string of the molecule is Cc1nc(C)c(CO)c(C2CCN(C(=O)OC(C)(C)C)CC2)n1. The van der Waals surface area contributed by atoms with Crippen LogP contribution in [0.25, 0.3) is 0 Å². The summed E-state index contributed by atoms with van der Waals surface area (Å²) < 4.78 is 5.42. The number of aliphatic hydroxyl groups is 1. The average Bonchev–Trinajstić information content (AvgIpc) is 2.45. The first-order valence-electron chi connectivity index (χ1n) is 8.14. The first kappa shape index (κ1) is 17.7. The second kappa shape index (κ2) is 6.83. The molecule has 1 fully saturated rings. The number of hydrogen-bond acceptors (Lipinski definition) is 5. The number of piperidine rings is 1. The largest absolute Gasteiger partial charge is 0.444 e. The maximum absolute atomic E-state index is 12.1. The van der Waals surface area contributed by atoms with Crippen molar-refractivity contribution in [2.45, 2.75) is 65.6 Å². The van der Waals surface area contributed by atoms with Crippen LogP contribution in [0.4, 0.5) is 4.79 Å². The Bertz CT molecular complexity index is 573. The Morgan fingerprint density at radius 2 is 1.87 bits per heavy atom. The third-order valence-electron chi connectivity index (χ3n) is 4.05. The molecule has 1 saturated heterocycles. The Kier molecular flexibility index (Phi) is 5.24. The number of likely N-dealkylation sites (tertiary alicyclic amines) is 1. The molecule has 0 bridgehead atoms. The third-order valence-corrected chi connectivity index (χ3v) is 4.05. The summed E-state index contributed by atoms with van der Waals surface area (Å²) in [6.07, 6.45) is 1.39. The van der Waals surface area contributed by atoms with E-state index in [2.05, 4.69) is 9.97 Å². The molecule has 0 unspecified atom stereocenters. The lowest BCUT2D eigenvalue weighted by molar-refractivity contribution is 0.0203. The van der Waals surface area contributed by atoms with Crippen LogP contribution < -0.4 is 0 Å². The summed E-state index contributed by atoms with van der Waals surface area (Å²) in [5.74, 6) is 0.973. The predicted octanol–water partition coefficient (Wildman–Crippen LogP) is 2.70. The number of aliphatic hydroxyl groups excluding tert-OH is 1. The van der Waals surface area contributed by atoms with Crippen molar-refractivity contribution in [2.75, 3.05) is 13.1 Å². The highest BCUT2D eigenvalue weighted by Gasteiger charge is 2.29. The van der Waals surface area contributed by atoms with Gasteiger partial charge < -0.3 is 14.7 Å². The van der Waals surface area contributed by atoms with Crippen LogP contribution in [0, 0.1) is 13.8 Å². The summed E-state index contributed by atoms with van der Waals surface area (Å²) >= 11 is 0. The molecule has 0 aliphatic carbocycles. The maximum atomic E-state index is 12.1. The van der Waals surface area contributed by atoms with E-state index in [1.54, 1.807) is 4.90 Å². The molecular weight excluding hydrogens is 294 g/mol. The lowest BCUT2D eigenvalue weighted by Crippen LogP contribution is -2.41. The number of nitrogens with zero attached hydrogens (tertiary/aromatic N) is 3. The Labute approximate surface area is 137 Å². The summed E-state index contributed by atoms with van der Waals surface area (Å²) in [5.41, 5.74) is 2.12. The van der Waals surface area contributed by atoms with Crippen LogP contribution in [-0.4, -0.2) is 44.8 Å². The number of aryl methyl sites for hydroxylation is 2. The molecule has 6 nitrogen and oxygen atoms in total. The van der Waals surface area contributed by atoms with Crippen LogP contribution in [0.15, 0.2) is 0 Å². The fourth-order valence-corrected chi connectivity index (χ4v) is 2.96. The molecule has 0 saturated carbocycles. The van der Waals surface area contributed by atoms with Crippen molar-refractivity contribution in [1.82, 2.24) is 14.9 Å². The van der Waals surface area contributed by atoms with Crippen molar-refractivity contribution in [3.63, 3.8) is 0 Å². The van der Waals surface area contributed by atoms with E-state index >= 15 is 0 Å². The van der Waals surface area contributed by atoms with Crippen molar-refractivity contribution >= 4 is 6.09 Å². The van der Waals surface area contributed by atoms with Crippen LogP contribution in [-0.2, 0) is 11.3 Å². The van der Waals surface area contributed by atoms with Crippen molar-refractivity contribution in [2.24, 2.45) is 0 Å². The van der Waals surface area contributed by atoms with Gasteiger partial charge in [-0.2, -0.15) is 0 Å². The van der Waals surface area contributed by atoms with Gasteiger partial charge in [-0.05, 0) is 47.5 Å². The number of aromatic nitrogens is 2. The molecular formula is C17H27N3O3. The molecule has 0 spiro atoms. The van der Waals surface area contributed by atoms with E-state index in [9.17, 15) is 9.90 Å². The first-order chi connectivity index (χ1) is 10.7. The summed E-state index contributed by atoms with van der Waals surface area (Å²) in [5, 5.41) is 9.62. The first-order valence-corrected chi connectivity index (χ1v) is 8.14. The van der Waals surface area contributed by atoms with E-state index in [1.807, 2.05) is 34.6 Å². The van der Waals surface area contributed by atoms with Crippen LogP contribution >= 0.6 is 0 Å². The minimum absolute atomic E-state index is 0.0479. The van der Waals surface area contributed by atoms with E-state index in [-0.39, 0.29) is 18.6 Å². The monoisotopic (exact) mass is 321 g/mol. The molecule has 0 radical (unpaired) electrons. The van der Waals surface area contributed by atoms with Crippen LogP contribution in [0.3, 0.4) is 0 Å². The molecule has 1 aliphatic heterocycles. The van der Waals surface area contributed by atoms with Crippen molar-refractivity contribution in [3.05, 3.63) is 22.8 Å². The maximum Gasteiger partial charge on any atom is 0.410 e. The summed E-state index contributed by atoms with van der Waals surface area (Å²) in [7, 11) is 0. The van der Waals surface area contributed by atoms with E-state index in [0.717, 1.165) is 35.6 Å². The molecule has 2 rings (SSSR count). The molecule has 1 aromatic heterocycles. The van der Waals surface area contributed by atoms with Crippen molar-refractivity contribution in [3.8, 4) is 0 Å². The van der Waals surface area contributed by atoms with Crippen molar-refractivity contribution in [1.29, 1.82) is 0 Å². The third kappa shape index (κ3) is 4.41.